The molecular formula is C16H26N2O2S. The van der Waals surface area contributed by atoms with Crippen LogP contribution in [-0.4, -0.2) is 24.8 Å². The smallest absolute Gasteiger partial charge is 0.407 e. The molecule has 0 aromatic carbocycles. The van der Waals surface area contributed by atoms with Crippen molar-refractivity contribution in [1.29, 1.82) is 0 Å². The number of fused-ring (bicyclic) bond motifs is 1. The van der Waals surface area contributed by atoms with Crippen molar-refractivity contribution < 1.29 is 9.53 Å². The molecule has 1 amide bonds. The Balaban J connectivity index is 1.97. The molecule has 0 bridgehead atoms. The summed E-state index contributed by atoms with van der Waals surface area (Å²) in [6.45, 7) is 6.67. The highest BCUT2D eigenvalue weighted by atomic mass is 32.1. The van der Waals surface area contributed by atoms with Crippen LogP contribution < -0.4 is 11.1 Å². The Kier molecular flexibility index (Phi) is 5.27. The van der Waals surface area contributed by atoms with E-state index in [4.69, 9.17) is 10.5 Å². The molecule has 1 unspecified atom stereocenters. The van der Waals surface area contributed by atoms with Gasteiger partial charge in [0.05, 0.1) is 0 Å². The number of hydrogen-bond donors (Lipinski definition) is 2. The number of nitrogens with one attached hydrogen (secondary N) is 1. The molecule has 1 aromatic rings. The third-order valence-electron chi connectivity index (χ3n) is 3.71. The van der Waals surface area contributed by atoms with Crippen molar-refractivity contribution in [3.05, 3.63) is 21.4 Å². The van der Waals surface area contributed by atoms with E-state index in [0.717, 1.165) is 6.42 Å². The van der Waals surface area contributed by atoms with Crippen LogP contribution in [0.3, 0.4) is 0 Å². The van der Waals surface area contributed by atoms with E-state index in [0.29, 0.717) is 13.1 Å². The lowest BCUT2D eigenvalue weighted by molar-refractivity contribution is 0.0525. The lowest BCUT2D eigenvalue weighted by atomic mass is 9.90. The van der Waals surface area contributed by atoms with Gasteiger partial charge in [-0.25, -0.2) is 4.79 Å². The fourth-order valence-electron chi connectivity index (χ4n) is 2.70. The Hall–Kier alpha value is -1.07. The summed E-state index contributed by atoms with van der Waals surface area (Å²) in [6, 6.07) is 0. The number of hydrogen-bond acceptors (Lipinski definition) is 4. The van der Waals surface area contributed by atoms with Crippen LogP contribution in [0.5, 0.6) is 0 Å². The lowest BCUT2D eigenvalue weighted by Crippen LogP contribution is -2.36. The van der Waals surface area contributed by atoms with E-state index in [-0.39, 0.29) is 12.0 Å². The van der Waals surface area contributed by atoms with Gasteiger partial charge >= 0.3 is 6.09 Å². The van der Waals surface area contributed by atoms with Crippen molar-refractivity contribution in [2.45, 2.75) is 58.0 Å². The first-order valence-corrected chi connectivity index (χ1v) is 8.54. The number of aryl methyl sites for hydroxylation is 1. The predicted octanol–water partition coefficient (Wildman–Crippen LogP) is 3.19. The minimum Gasteiger partial charge on any atom is -0.444 e. The molecule has 1 aliphatic rings. The molecular weight excluding hydrogens is 284 g/mol. The van der Waals surface area contributed by atoms with Gasteiger partial charge in [-0.2, -0.15) is 0 Å². The fraction of sp³-hybridized carbons (Fsp3) is 0.688. The van der Waals surface area contributed by atoms with Crippen LogP contribution in [-0.2, 0) is 17.6 Å². The Morgan fingerprint density at radius 3 is 2.81 bits per heavy atom. The van der Waals surface area contributed by atoms with Crippen LogP contribution in [0.25, 0.3) is 0 Å². The number of thiophene rings is 1. The number of nitrogens with two attached hydrogens (primary N) is 1. The molecule has 0 saturated heterocycles. The number of rotatable bonds is 4. The largest absolute Gasteiger partial charge is 0.444 e. The molecule has 0 fully saturated rings. The predicted molar refractivity (Wildman–Crippen MR) is 87.0 cm³/mol. The zero-order chi connectivity index (χ0) is 15.5. The zero-order valence-corrected chi connectivity index (χ0v) is 14.0. The van der Waals surface area contributed by atoms with Crippen LogP contribution in [0.2, 0.25) is 0 Å². The molecule has 118 valence electrons. The molecule has 0 radical (unpaired) electrons. The first kappa shape index (κ1) is 16.3. The molecule has 0 saturated carbocycles. The number of alkyl carbamates (subject to hydrolysis) is 1. The number of carbonyl (C=O) groups excluding carboxylic acids is 1. The second kappa shape index (κ2) is 6.79. The molecule has 1 atom stereocenters. The molecule has 1 heterocycles. The monoisotopic (exact) mass is 310 g/mol. The highest BCUT2D eigenvalue weighted by Gasteiger charge is 2.22. The highest BCUT2D eigenvalue weighted by molar-refractivity contribution is 7.10. The maximum absolute atomic E-state index is 11.8. The van der Waals surface area contributed by atoms with Crippen molar-refractivity contribution in [3.8, 4) is 0 Å². The van der Waals surface area contributed by atoms with Crippen molar-refractivity contribution in [2.24, 2.45) is 5.73 Å². The second-order valence-corrected chi connectivity index (χ2v) is 7.58. The van der Waals surface area contributed by atoms with Crippen LogP contribution in [0.1, 0.15) is 55.5 Å². The maximum atomic E-state index is 11.8. The highest BCUT2D eigenvalue weighted by Crippen LogP contribution is 2.33. The van der Waals surface area contributed by atoms with Gasteiger partial charge in [0.2, 0.25) is 0 Å². The van der Waals surface area contributed by atoms with E-state index in [1.165, 1.54) is 35.3 Å². The summed E-state index contributed by atoms with van der Waals surface area (Å²) < 4.78 is 5.27. The summed E-state index contributed by atoms with van der Waals surface area (Å²) in [5.41, 5.74) is 8.26. The van der Waals surface area contributed by atoms with Crippen molar-refractivity contribution >= 4 is 17.4 Å². The number of amides is 1. The van der Waals surface area contributed by atoms with Gasteiger partial charge in [-0.3, -0.25) is 0 Å². The summed E-state index contributed by atoms with van der Waals surface area (Å²) in [6.07, 6.45) is 4.52. The fourth-order valence-corrected chi connectivity index (χ4v) is 3.93. The van der Waals surface area contributed by atoms with Gasteiger partial charge in [0.25, 0.3) is 0 Å². The minimum atomic E-state index is -0.468. The number of ether oxygens (including phenoxy) is 1. The first-order valence-electron chi connectivity index (χ1n) is 7.66. The van der Waals surface area contributed by atoms with Crippen molar-refractivity contribution in [1.82, 2.24) is 5.32 Å². The third-order valence-corrected chi connectivity index (χ3v) is 4.82. The normalized spacial score (nSPS) is 16.2. The van der Waals surface area contributed by atoms with Gasteiger partial charge in [0.1, 0.15) is 5.60 Å². The van der Waals surface area contributed by atoms with Gasteiger partial charge in [0.15, 0.2) is 0 Å². The van der Waals surface area contributed by atoms with E-state index < -0.39 is 5.60 Å². The standard InChI is InChI=1S/C16H26N2O2S/c1-16(2,3)20-15(19)18-9-11(8-17)13-10-21-14-7-5-4-6-12(13)14/h10-11H,4-9,17H2,1-3H3,(H,18,19). The average Bonchev–Trinajstić information content (AvgIpc) is 2.82. The summed E-state index contributed by atoms with van der Waals surface area (Å²) >= 11 is 1.84. The summed E-state index contributed by atoms with van der Waals surface area (Å²) in [7, 11) is 0. The summed E-state index contributed by atoms with van der Waals surface area (Å²) in [5, 5.41) is 5.08. The molecule has 2 rings (SSSR count). The molecule has 3 N–H and O–H groups in total. The van der Waals surface area contributed by atoms with Crippen LogP contribution in [0.15, 0.2) is 5.38 Å². The Labute approximate surface area is 131 Å². The average molecular weight is 310 g/mol. The maximum Gasteiger partial charge on any atom is 0.407 e. The van der Waals surface area contributed by atoms with E-state index in [1.54, 1.807) is 0 Å². The molecule has 0 aliphatic heterocycles. The van der Waals surface area contributed by atoms with Gasteiger partial charge in [-0.15, -0.1) is 11.3 Å². The third kappa shape index (κ3) is 4.45. The van der Waals surface area contributed by atoms with E-state index >= 15 is 0 Å². The SMILES string of the molecule is CC(C)(C)OC(=O)NCC(CN)c1csc2c1CCCC2. The topological polar surface area (TPSA) is 64.3 Å². The molecule has 21 heavy (non-hydrogen) atoms. The molecule has 1 aliphatic carbocycles. The first-order chi connectivity index (χ1) is 9.90. The minimum absolute atomic E-state index is 0.176. The van der Waals surface area contributed by atoms with Gasteiger partial charge < -0.3 is 15.8 Å². The lowest BCUT2D eigenvalue weighted by Gasteiger charge is -2.22. The molecule has 5 heteroatoms. The Bertz CT molecular complexity index is 491. The van der Waals surface area contributed by atoms with Gasteiger partial charge in [0, 0.05) is 23.9 Å². The van der Waals surface area contributed by atoms with E-state index in [2.05, 4.69) is 10.7 Å². The second-order valence-electron chi connectivity index (χ2n) is 6.62. The molecule has 0 spiro atoms. The van der Waals surface area contributed by atoms with E-state index in [1.807, 2.05) is 32.1 Å². The van der Waals surface area contributed by atoms with Crippen LogP contribution in [0, 0.1) is 0 Å². The van der Waals surface area contributed by atoms with E-state index in [9.17, 15) is 4.79 Å². The van der Waals surface area contributed by atoms with Gasteiger partial charge in [-0.1, -0.05) is 0 Å². The Morgan fingerprint density at radius 2 is 2.14 bits per heavy atom. The van der Waals surface area contributed by atoms with Gasteiger partial charge in [-0.05, 0) is 63.0 Å². The summed E-state index contributed by atoms with van der Waals surface area (Å²) in [5.74, 6) is 0.176. The van der Waals surface area contributed by atoms with Crippen LogP contribution >= 0.6 is 11.3 Å². The van der Waals surface area contributed by atoms with Crippen molar-refractivity contribution in [3.63, 3.8) is 0 Å². The quantitative estimate of drug-likeness (QED) is 0.897. The number of carbonyl (C=O) groups is 1. The molecule has 1 aromatic heterocycles. The van der Waals surface area contributed by atoms with Crippen molar-refractivity contribution in [2.75, 3.05) is 13.1 Å². The zero-order valence-electron chi connectivity index (χ0n) is 13.2. The Morgan fingerprint density at radius 1 is 1.43 bits per heavy atom. The van der Waals surface area contributed by atoms with Crippen LogP contribution in [0.4, 0.5) is 4.79 Å². The molecule has 4 nitrogen and oxygen atoms in total. The summed E-state index contributed by atoms with van der Waals surface area (Å²) in [4.78, 5) is 13.3.